The van der Waals surface area contributed by atoms with Crippen LogP contribution in [0.25, 0.3) is 32.9 Å². The summed E-state index contributed by atoms with van der Waals surface area (Å²) in [5, 5.41) is 20.7. The van der Waals surface area contributed by atoms with Crippen LogP contribution in [0, 0.1) is 26.6 Å². The van der Waals surface area contributed by atoms with Gasteiger partial charge in [0.15, 0.2) is 11.8 Å². The number of aromatic carboxylic acids is 1. The normalized spacial score (nSPS) is 12.8. The Kier molecular flexibility index (Phi) is 6.26. The number of carboxylic acid groups (broad SMARTS) is 2. The number of carbonyl (C=O) groups is 2. The van der Waals surface area contributed by atoms with E-state index in [4.69, 9.17) is 4.74 Å². The smallest absolute Gasteiger partial charge is 0.355 e. The Hall–Kier alpha value is -3.91. The molecule has 0 saturated carbocycles. The zero-order chi connectivity index (χ0) is 26.5. The van der Waals surface area contributed by atoms with Crippen LogP contribution in [0.3, 0.4) is 0 Å². The van der Waals surface area contributed by atoms with Crippen molar-refractivity contribution in [3.8, 4) is 11.1 Å². The van der Waals surface area contributed by atoms with E-state index in [2.05, 4.69) is 9.97 Å². The monoisotopic (exact) mass is 490 g/mol. The van der Waals surface area contributed by atoms with E-state index < -0.39 is 29.5 Å². The summed E-state index contributed by atoms with van der Waals surface area (Å²) in [7, 11) is 0. The van der Waals surface area contributed by atoms with Gasteiger partial charge in [-0.15, -0.1) is 0 Å². The van der Waals surface area contributed by atoms with Crippen molar-refractivity contribution >= 4 is 33.7 Å². The predicted octanol–water partition coefficient (Wildman–Crippen LogP) is 6.15. The number of pyridine rings is 2. The summed E-state index contributed by atoms with van der Waals surface area (Å²) < 4.78 is 20.1. The summed E-state index contributed by atoms with van der Waals surface area (Å²) >= 11 is 0. The molecule has 0 aliphatic rings. The van der Waals surface area contributed by atoms with Gasteiger partial charge in [0.25, 0.3) is 0 Å². The molecule has 4 rings (SSSR count). The number of hydrogen-bond donors (Lipinski definition) is 2. The highest BCUT2D eigenvalue weighted by molar-refractivity contribution is 6.14. The lowest BCUT2D eigenvalue weighted by Crippen LogP contribution is -2.28. The molecule has 0 radical (unpaired) electrons. The number of carboxylic acids is 2. The van der Waals surface area contributed by atoms with E-state index in [1.54, 1.807) is 27.7 Å². The van der Waals surface area contributed by atoms with Gasteiger partial charge in [-0.3, -0.25) is 4.98 Å². The number of hydrogen-bond acceptors (Lipinski definition) is 5. The second kappa shape index (κ2) is 8.95. The Balaban J connectivity index is 2.26. The van der Waals surface area contributed by atoms with Crippen molar-refractivity contribution in [3.05, 3.63) is 70.3 Å². The quantitative estimate of drug-likeness (QED) is 0.323. The first-order chi connectivity index (χ1) is 16.8. The van der Waals surface area contributed by atoms with Gasteiger partial charge >= 0.3 is 11.9 Å². The Labute approximate surface area is 207 Å². The second-order valence-electron chi connectivity index (χ2n) is 9.89. The molecule has 0 fully saturated rings. The van der Waals surface area contributed by atoms with Crippen molar-refractivity contribution in [1.82, 2.24) is 9.97 Å². The van der Waals surface area contributed by atoms with Gasteiger partial charge in [-0.25, -0.2) is 19.0 Å². The van der Waals surface area contributed by atoms with Crippen LogP contribution in [0.1, 0.15) is 59.6 Å². The molecule has 7 nitrogen and oxygen atoms in total. The molecule has 0 unspecified atom stereocenters. The Morgan fingerprint density at radius 3 is 2.19 bits per heavy atom. The fourth-order valence-corrected chi connectivity index (χ4v) is 4.60. The van der Waals surface area contributed by atoms with E-state index in [0.29, 0.717) is 27.6 Å². The van der Waals surface area contributed by atoms with Gasteiger partial charge in [-0.2, -0.15) is 0 Å². The van der Waals surface area contributed by atoms with Crippen molar-refractivity contribution in [2.75, 3.05) is 0 Å². The summed E-state index contributed by atoms with van der Waals surface area (Å²) in [6.45, 7) is 10.8. The van der Waals surface area contributed by atoms with Crippen molar-refractivity contribution in [3.63, 3.8) is 0 Å². The van der Waals surface area contributed by atoms with Gasteiger partial charge in [-0.05, 0) is 69.9 Å². The van der Waals surface area contributed by atoms with Gasteiger partial charge in [0.1, 0.15) is 5.82 Å². The third-order valence-corrected chi connectivity index (χ3v) is 6.09. The number of aromatic nitrogens is 2. The van der Waals surface area contributed by atoms with Crippen molar-refractivity contribution in [2.24, 2.45) is 0 Å². The number of rotatable bonds is 5. The standard InChI is InChI=1S/C28H27FN2O5/c1-13-7-9-16(10-8-13)19-14(2)21-22(15(3)20(19)25(27(34)35)36-28(4,5)6)31-24(26(32)33)18-11-17(29)12-30-23(18)21/h7-12,25H,1-6H3,(H,32,33)(H,34,35)/t25-/m0/s1. The summed E-state index contributed by atoms with van der Waals surface area (Å²) in [5.41, 5.74) is 3.34. The lowest BCUT2D eigenvalue weighted by molar-refractivity contribution is -0.160. The molecule has 4 aromatic rings. The molecule has 0 bridgehead atoms. The average molecular weight is 491 g/mol. The molecule has 0 aliphatic heterocycles. The number of aliphatic carboxylic acids is 1. The molecule has 2 heterocycles. The number of halogens is 1. The van der Waals surface area contributed by atoms with E-state index in [1.165, 1.54) is 0 Å². The van der Waals surface area contributed by atoms with Crippen molar-refractivity contribution in [2.45, 2.75) is 53.2 Å². The van der Waals surface area contributed by atoms with Gasteiger partial charge in [-0.1, -0.05) is 29.8 Å². The van der Waals surface area contributed by atoms with Crippen LogP contribution >= 0.6 is 0 Å². The fourth-order valence-electron chi connectivity index (χ4n) is 4.60. The van der Waals surface area contributed by atoms with Crippen LogP contribution in [0.15, 0.2) is 36.5 Å². The lowest BCUT2D eigenvalue weighted by Gasteiger charge is -2.29. The minimum atomic E-state index is -1.35. The maximum absolute atomic E-state index is 14.1. The summed E-state index contributed by atoms with van der Waals surface area (Å²) in [6.07, 6.45) is -0.318. The zero-order valence-corrected chi connectivity index (χ0v) is 20.9. The SMILES string of the molecule is Cc1ccc(-c2c([C@H](OC(C)(C)C)C(=O)O)c(C)c3nc(C(=O)O)c4cc(F)cnc4c3c2C)cc1. The molecule has 2 aromatic heterocycles. The zero-order valence-electron chi connectivity index (χ0n) is 20.9. The Bertz CT molecular complexity index is 1540. The Morgan fingerprint density at radius 1 is 1.00 bits per heavy atom. The number of benzene rings is 2. The summed E-state index contributed by atoms with van der Waals surface area (Å²) in [6, 6.07) is 8.76. The number of ether oxygens (including phenoxy) is 1. The van der Waals surface area contributed by atoms with Gasteiger partial charge in [0, 0.05) is 16.3 Å². The summed E-state index contributed by atoms with van der Waals surface area (Å²) in [4.78, 5) is 33.3. The molecule has 2 N–H and O–H groups in total. The number of aryl methyl sites for hydroxylation is 3. The van der Waals surface area contributed by atoms with Crippen LogP contribution in [-0.4, -0.2) is 37.7 Å². The average Bonchev–Trinajstić information content (AvgIpc) is 2.78. The molecule has 186 valence electrons. The highest BCUT2D eigenvalue weighted by atomic mass is 19.1. The minimum absolute atomic E-state index is 0.0702. The predicted molar refractivity (Wildman–Crippen MR) is 135 cm³/mol. The maximum Gasteiger partial charge on any atom is 0.355 e. The van der Waals surface area contributed by atoms with Crippen LogP contribution in [0.4, 0.5) is 4.39 Å². The molecule has 36 heavy (non-hydrogen) atoms. The summed E-state index contributed by atoms with van der Waals surface area (Å²) in [5.74, 6) is -3.20. The van der Waals surface area contributed by atoms with E-state index >= 15 is 0 Å². The van der Waals surface area contributed by atoms with Crippen LogP contribution in [0.5, 0.6) is 0 Å². The molecule has 0 saturated heterocycles. The van der Waals surface area contributed by atoms with Crippen LogP contribution in [-0.2, 0) is 9.53 Å². The third-order valence-electron chi connectivity index (χ3n) is 6.09. The largest absolute Gasteiger partial charge is 0.479 e. The topological polar surface area (TPSA) is 110 Å². The molecule has 0 aliphatic carbocycles. The first-order valence-corrected chi connectivity index (χ1v) is 11.4. The fraction of sp³-hybridized carbons (Fsp3) is 0.286. The van der Waals surface area contributed by atoms with E-state index in [9.17, 15) is 24.2 Å². The van der Waals surface area contributed by atoms with E-state index in [1.807, 2.05) is 38.1 Å². The maximum atomic E-state index is 14.1. The highest BCUT2D eigenvalue weighted by Crippen LogP contribution is 2.43. The minimum Gasteiger partial charge on any atom is -0.479 e. The highest BCUT2D eigenvalue weighted by Gasteiger charge is 2.33. The molecule has 2 aromatic carbocycles. The van der Waals surface area contributed by atoms with Gasteiger partial charge < -0.3 is 14.9 Å². The molecule has 8 heteroatoms. The second-order valence-corrected chi connectivity index (χ2v) is 9.89. The van der Waals surface area contributed by atoms with Crippen LogP contribution < -0.4 is 0 Å². The van der Waals surface area contributed by atoms with Crippen molar-refractivity contribution < 1.29 is 28.9 Å². The van der Waals surface area contributed by atoms with E-state index in [0.717, 1.165) is 23.4 Å². The van der Waals surface area contributed by atoms with Crippen molar-refractivity contribution in [1.29, 1.82) is 0 Å². The number of fused-ring (bicyclic) bond motifs is 3. The first kappa shape index (κ1) is 25.2. The van der Waals surface area contributed by atoms with Gasteiger partial charge in [0.05, 0.1) is 22.8 Å². The molecule has 0 spiro atoms. The molecule has 0 amide bonds. The van der Waals surface area contributed by atoms with Crippen LogP contribution in [0.2, 0.25) is 0 Å². The third kappa shape index (κ3) is 4.40. The molecule has 1 atom stereocenters. The van der Waals surface area contributed by atoms with E-state index in [-0.39, 0.29) is 22.1 Å². The van der Waals surface area contributed by atoms with Gasteiger partial charge in [0.2, 0.25) is 0 Å². The molecular weight excluding hydrogens is 463 g/mol. The lowest BCUT2D eigenvalue weighted by atomic mass is 9.84. The molecular formula is C28H27FN2O5. The first-order valence-electron chi connectivity index (χ1n) is 11.4. The number of nitrogens with zero attached hydrogens (tertiary/aromatic N) is 2. The Morgan fingerprint density at radius 2 is 1.64 bits per heavy atom.